The maximum Gasteiger partial charge on any atom is 0.234 e. The Kier molecular flexibility index (Phi) is 7.71. The summed E-state index contributed by atoms with van der Waals surface area (Å²) in [5.74, 6) is 0.274. The van der Waals surface area contributed by atoms with Crippen LogP contribution >= 0.6 is 27.7 Å². The first-order valence-corrected chi connectivity index (χ1v) is 10.7. The van der Waals surface area contributed by atoms with Crippen molar-refractivity contribution in [1.82, 2.24) is 9.78 Å². The number of amides is 1. The second kappa shape index (κ2) is 10.5. The number of nitrogens with one attached hydrogen (secondary N) is 1. The largest absolute Gasteiger partial charge is 0.378 e. The number of halogens is 1. The lowest BCUT2D eigenvalue weighted by atomic mass is 10.1. The van der Waals surface area contributed by atoms with Gasteiger partial charge in [0.05, 0.1) is 18.0 Å². The van der Waals surface area contributed by atoms with Gasteiger partial charge in [0.15, 0.2) is 0 Å². The quantitative estimate of drug-likeness (QED) is 0.468. The Morgan fingerprint density at radius 1 is 1.18 bits per heavy atom. The molecule has 0 aliphatic carbocycles. The van der Waals surface area contributed by atoms with E-state index >= 15 is 0 Å². The molecule has 2 aromatic carbocycles. The fourth-order valence-corrected chi connectivity index (χ4v) is 3.64. The Bertz CT molecular complexity index is 898. The van der Waals surface area contributed by atoms with Crippen molar-refractivity contribution in [3.05, 3.63) is 76.5 Å². The summed E-state index contributed by atoms with van der Waals surface area (Å²) in [5, 5.41) is 7.52. The molecule has 0 spiro atoms. The summed E-state index contributed by atoms with van der Waals surface area (Å²) in [6, 6.07) is 18.2. The molecule has 7 heteroatoms. The van der Waals surface area contributed by atoms with Crippen LogP contribution in [0.15, 0.2) is 70.2 Å². The molecule has 1 amide bonds. The van der Waals surface area contributed by atoms with E-state index in [9.17, 15) is 4.79 Å². The summed E-state index contributed by atoms with van der Waals surface area (Å²) < 4.78 is 8.11. The number of carbonyl (C=O) groups excluding carboxylic acids is 1. The van der Waals surface area contributed by atoms with Crippen LogP contribution in [0.3, 0.4) is 0 Å². The standard InChI is InChI=1S/C21H22BrN3O2S/c1-27-14-20-19(13-25(24-20)12-11-16-5-3-2-4-6-16)23-21(26)15-28-18-9-7-17(22)8-10-18/h2-10,13H,11-12,14-15H2,1H3,(H,23,26). The Morgan fingerprint density at radius 3 is 2.64 bits per heavy atom. The van der Waals surface area contributed by atoms with E-state index in [-0.39, 0.29) is 5.91 Å². The lowest BCUT2D eigenvalue weighted by molar-refractivity contribution is -0.113. The first-order valence-electron chi connectivity index (χ1n) is 8.91. The van der Waals surface area contributed by atoms with Crippen LogP contribution in [0.1, 0.15) is 11.3 Å². The third-order valence-corrected chi connectivity index (χ3v) is 5.59. The molecule has 0 aliphatic heterocycles. The number of anilines is 1. The number of aryl methyl sites for hydroxylation is 2. The zero-order chi connectivity index (χ0) is 19.8. The average Bonchev–Trinajstić information content (AvgIpc) is 3.08. The molecule has 0 saturated heterocycles. The van der Waals surface area contributed by atoms with Crippen LogP contribution in [0.4, 0.5) is 5.69 Å². The predicted molar refractivity (Wildman–Crippen MR) is 117 cm³/mol. The van der Waals surface area contributed by atoms with Gasteiger partial charge in [0.2, 0.25) is 5.91 Å². The lowest BCUT2D eigenvalue weighted by Crippen LogP contribution is -2.14. The smallest absolute Gasteiger partial charge is 0.234 e. The number of thioether (sulfide) groups is 1. The highest BCUT2D eigenvalue weighted by Gasteiger charge is 2.12. The maximum atomic E-state index is 12.4. The Hall–Kier alpha value is -2.09. The molecule has 0 bridgehead atoms. The summed E-state index contributed by atoms with van der Waals surface area (Å²) in [6.45, 7) is 1.10. The van der Waals surface area contributed by atoms with Gasteiger partial charge in [-0.2, -0.15) is 5.10 Å². The van der Waals surface area contributed by atoms with Crippen LogP contribution < -0.4 is 5.32 Å². The Morgan fingerprint density at radius 2 is 1.93 bits per heavy atom. The molecule has 3 rings (SSSR count). The molecular formula is C21H22BrN3O2S. The van der Waals surface area contributed by atoms with Crippen LogP contribution in [0, 0.1) is 0 Å². The van der Waals surface area contributed by atoms with E-state index in [1.165, 1.54) is 17.3 Å². The molecule has 1 N–H and O–H groups in total. The minimum atomic E-state index is -0.0621. The SMILES string of the molecule is COCc1nn(CCc2ccccc2)cc1NC(=O)CSc1ccc(Br)cc1. The van der Waals surface area contributed by atoms with Crippen molar-refractivity contribution in [2.24, 2.45) is 0 Å². The summed E-state index contributed by atoms with van der Waals surface area (Å²) >= 11 is 4.91. The fourth-order valence-electron chi connectivity index (χ4n) is 2.68. The van der Waals surface area contributed by atoms with Gasteiger partial charge in [-0.25, -0.2) is 0 Å². The molecule has 0 radical (unpaired) electrons. The van der Waals surface area contributed by atoms with Crippen LogP contribution in [0.5, 0.6) is 0 Å². The molecule has 146 valence electrons. The number of ether oxygens (including phenoxy) is 1. The number of hydrogen-bond donors (Lipinski definition) is 1. The first-order chi connectivity index (χ1) is 13.6. The highest BCUT2D eigenvalue weighted by Crippen LogP contribution is 2.21. The molecule has 1 heterocycles. The van der Waals surface area contributed by atoms with Gasteiger partial charge in [-0.1, -0.05) is 46.3 Å². The molecule has 28 heavy (non-hydrogen) atoms. The number of nitrogens with zero attached hydrogens (tertiary/aromatic N) is 2. The summed E-state index contributed by atoms with van der Waals surface area (Å²) in [6.07, 6.45) is 2.75. The number of methoxy groups -OCH3 is 1. The van der Waals surface area contributed by atoms with E-state index in [2.05, 4.69) is 38.5 Å². The van der Waals surface area contributed by atoms with Crippen LogP contribution in [0.25, 0.3) is 0 Å². The van der Waals surface area contributed by atoms with Gasteiger partial charge in [-0.15, -0.1) is 11.8 Å². The van der Waals surface area contributed by atoms with E-state index in [0.29, 0.717) is 18.0 Å². The highest BCUT2D eigenvalue weighted by atomic mass is 79.9. The molecule has 5 nitrogen and oxygen atoms in total. The van der Waals surface area contributed by atoms with Crippen molar-refractivity contribution < 1.29 is 9.53 Å². The lowest BCUT2D eigenvalue weighted by Gasteiger charge is -2.05. The van der Waals surface area contributed by atoms with Gasteiger partial charge in [0.25, 0.3) is 0 Å². The molecule has 0 atom stereocenters. The minimum absolute atomic E-state index is 0.0621. The summed E-state index contributed by atoms with van der Waals surface area (Å²) in [7, 11) is 1.62. The highest BCUT2D eigenvalue weighted by molar-refractivity contribution is 9.10. The van der Waals surface area contributed by atoms with Crippen LogP contribution in [-0.4, -0.2) is 28.6 Å². The fraction of sp³-hybridized carbons (Fsp3) is 0.238. The van der Waals surface area contributed by atoms with E-state index in [4.69, 9.17) is 4.74 Å². The maximum absolute atomic E-state index is 12.4. The minimum Gasteiger partial charge on any atom is -0.378 e. The Labute approximate surface area is 177 Å². The van der Waals surface area contributed by atoms with Gasteiger partial charge in [0.1, 0.15) is 5.69 Å². The van der Waals surface area contributed by atoms with Gasteiger partial charge < -0.3 is 10.1 Å². The van der Waals surface area contributed by atoms with Crippen molar-refractivity contribution >= 4 is 39.3 Å². The number of carbonyl (C=O) groups is 1. The van der Waals surface area contributed by atoms with Crippen molar-refractivity contribution in [3.8, 4) is 0 Å². The molecule has 1 aromatic heterocycles. The first kappa shape index (κ1) is 20.6. The summed E-state index contributed by atoms with van der Waals surface area (Å²) in [5.41, 5.74) is 2.69. The average molecular weight is 460 g/mol. The van der Waals surface area contributed by atoms with Gasteiger partial charge in [0, 0.05) is 29.2 Å². The van der Waals surface area contributed by atoms with E-state index < -0.39 is 0 Å². The number of rotatable bonds is 9. The second-order valence-corrected chi connectivity index (χ2v) is 8.18. The zero-order valence-electron chi connectivity index (χ0n) is 15.6. The predicted octanol–water partition coefficient (Wildman–Crippen LogP) is 4.77. The van der Waals surface area contributed by atoms with Crippen LogP contribution in [0.2, 0.25) is 0 Å². The molecule has 0 fully saturated rings. The molecule has 0 saturated carbocycles. The van der Waals surface area contributed by atoms with E-state index in [1.807, 2.05) is 53.3 Å². The molecule has 0 aliphatic rings. The van der Waals surface area contributed by atoms with Crippen molar-refractivity contribution in [1.29, 1.82) is 0 Å². The monoisotopic (exact) mass is 459 g/mol. The van der Waals surface area contributed by atoms with Crippen molar-refractivity contribution in [3.63, 3.8) is 0 Å². The van der Waals surface area contributed by atoms with E-state index in [1.54, 1.807) is 7.11 Å². The third kappa shape index (κ3) is 6.22. The normalized spacial score (nSPS) is 10.8. The molecule has 3 aromatic rings. The van der Waals surface area contributed by atoms with Gasteiger partial charge in [-0.3, -0.25) is 9.48 Å². The topological polar surface area (TPSA) is 56.1 Å². The second-order valence-electron chi connectivity index (χ2n) is 6.21. The summed E-state index contributed by atoms with van der Waals surface area (Å²) in [4.78, 5) is 13.4. The molecule has 0 unspecified atom stereocenters. The van der Waals surface area contributed by atoms with Crippen LogP contribution in [-0.2, 0) is 29.1 Å². The Balaban J connectivity index is 1.58. The van der Waals surface area contributed by atoms with E-state index in [0.717, 1.165) is 28.0 Å². The third-order valence-electron chi connectivity index (χ3n) is 4.05. The number of hydrogen-bond acceptors (Lipinski definition) is 4. The zero-order valence-corrected chi connectivity index (χ0v) is 18.0. The van der Waals surface area contributed by atoms with Gasteiger partial charge >= 0.3 is 0 Å². The van der Waals surface area contributed by atoms with Crippen molar-refractivity contribution in [2.45, 2.75) is 24.5 Å². The van der Waals surface area contributed by atoms with Gasteiger partial charge in [-0.05, 0) is 36.2 Å². The van der Waals surface area contributed by atoms with Crippen molar-refractivity contribution in [2.75, 3.05) is 18.2 Å². The number of benzene rings is 2. The number of aromatic nitrogens is 2. The molecular weight excluding hydrogens is 438 g/mol.